The summed E-state index contributed by atoms with van der Waals surface area (Å²) in [6, 6.07) is -8.05. The van der Waals surface area contributed by atoms with E-state index in [9.17, 15) is 172 Å². The van der Waals surface area contributed by atoms with Gasteiger partial charge in [0.25, 0.3) is 11.6 Å². The molecule has 9 rings (SSSR count). The number of ether oxygens (including phenoxy) is 17. The van der Waals surface area contributed by atoms with Crippen molar-refractivity contribution in [3.05, 3.63) is 0 Å². The largest absolute Gasteiger partial charge is 0.477 e. The van der Waals surface area contributed by atoms with Gasteiger partial charge in [0.15, 0.2) is 44.0 Å². The molecule has 9 saturated heterocycles. The number of carboxylic acid groups (broad SMARTS) is 2. The van der Waals surface area contributed by atoms with Crippen LogP contribution in [0.5, 0.6) is 0 Å². The summed E-state index contributed by atoms with van der Waals surface area (Å²) < 4.78 is 101. The molecule has 0 bridgehead atoms. The molecule has 0 aliphatic carbocycles. The number of carboxylic acids is 2. The average Bonchev–Trinajstić information content (AvgIpc) is 0.758. The standard InChI is InChI=1S/C68H112N4O51/c1-16-35(87)42(94)46(98)61(109-16)119-55-34(72-20(5)82)59(113-28(13-78)51(55)117-62-47(99)43(95)38(90)25(10-75)111-62)107-14-29-41(93)56(48(100)63(115-29)116-50-27(12-77)110-58(102)45(97)44(50)96)120-60-33(71-19(4)81)52(40(92)30(114-60)15-108-67(65(103)104)6-21(83)31(69-17(2)79)53(121-67)36(88)23(85)8-73)118-64-49(101)57(39(91)26(11-76)112-64)123-68(66(105)106)7-22(84)32(70-18(3)80)54(122-68)37(89)24(86)9-74/h16,21-64,73-78,83-102H,6-15H2,1-5H3,(H,69,79)(H,70,80)(H,71,81)(H,72,82)(H,103,104)(H,105,106)/t16-,21-,22-,23+,24+,25+,26+,27+,28+,29+,30+,31+,32+,33+,34+,35+,36+,37+,38-,39-,40+,41-,42+,43-,44+,45+,46-,47+,48+,49+,50-,51+,52+,53+,54+,55+,56-,57-,58+,59+,60-,61-,62-,63-,64-,67+,68-/m0/s1. The first-order valence-corrected chi connectivity index (χ1v) is 38.7. The van der Waals surface area contributed by atoms with E-state index in [1.165, 1.54) is 6.92 Å². The Morgan fingerprint density at radius 1 is 0.358 bits per heavy atom. The van der Waals surface area contributed by atoms with Gasteiger partial charge in [-0.05, 0) is 6.92 Å². The minimum absolute atomic E-state index is 0.777. The molecule has 9 heterocycles. The van der Waals surface area contributed by atoms with Crippen molar-refractivity contribution >= 4 is 35.6 Å². The van der Waals surface area contributed by atoms with Crippen LogP contribution in [0, 0.1) is 0 Å². The van der Waals surface area contributed by atoms with Crippen LogP contribution in [0.4, 0.5) is 0 Å². The van der Waals surface area contributed by atoms with E-state index in [0.29, 0.717) is 0 Å². The van der Waals surface area contributed by atoms with Crippen LogP contribution in [0.1, 0.15) is 47.5 Å². The fraction of sp³-hybridized carbons (Fsp3) is 0.912. The van der Waals surface area contributed by atoms with E-state index in [4.69, 9.17) is 80.5 Å². The summed E-state index contributed by atoms with van der Waals surface area (Å²) in [6.07, 6.45) is -95.5. The first-order valence-electron chi connectivity index (χ1n) is 38.7. The molecule has 0 saturated carbocycles. The number of carbonyl (C=O) groups is 6. The van der Waals surface area contributed by atoms with Crippen LogP contribution in [0.2, 0.25) is 0 Å². The topological polar surface area (TPSA) is 874 Å². The van der Waals surface area contributed by atoms with E-state index in [2.05, 4.69) is 21.3 Å². The van der Waals surface area contributed by atoms with E-state index in [1.54, 1.807) is 0 Å². The van der Waals surface area contributed by atoms with Gasteiger partial charge in [-0.1, -0.05) is 0 Å². The van der Waals surface area contributed by atoms with Crippen molar-refractivity contribution in [2.45, 2.75) is 335 Å². The highest BCUT2D eigenvalue weighted by Gasteiger charge is 2.64. The summed E-state index contributed by atoms with van der Waals surface area (Å²) in [6.45, 7) is -5.42. The number of nitrogens with one attached hydrogen (secondary N) is 4. The van der Waals surface area contributed by atoms with E-state index in [-0.39, 0.29) is 0 Å². The summed E-state index contributed by atoms with van der Waals surface area (Å²) in [5.74, 6) is -15.4. The number of carbonyl (C=O) groups excluding carboxylic acids is 4. The third-order valence-corrected chi connectivity index (χ3v) is 22.3. The molecule has 55 heteroatoms. The van der Waals surface area contributed by atoms with Crippen LogP contribution in [0.15, 0.2) is 0 Å². The first kappa shape index (κ1) is 102. The zero-order valence-corrected chi connectivity index (χ0v) is 66.0. The molecular formula is C68H112N4O51. The molecule has 123 heavy (non-hydrogen) atoms. The number of rotatable bonds is 34. The highest BCUT2D eigenvalue weighted by atomic mass is 16.8. The third kappa shape index (κ3) is 22.4. The van der Waals surface area contributed by atoms with Crippen LogP contribution in [0.3, 0.4) is 0 Å². The fourth-order valence-corrected chi connectivity index (χ4v) is 15.7. The van der Waals surface area contributed by atoms with Crippen molar-refractivity contribution in [1.29, 1.82) is 0 Å². The molecule has 0 aromatic heterocycles. The summed E-state index contributed by atoms with van der Waals surface area (Å²) >= 11 is 0. The molecule has 0 aromatic carbocycles. The Morgan fingerprint density at radius 3 is 1.24 bits per heavy atom. The molecule has 55 nitrogen and oxygen atoms in total. The predicted octanol–water partition coefficient (Wildman–Crippen LogP) is -20.6. The SMILES string of the molecule is CC(=O)N[C@H]1[C@H](OC[C@H]2O[C@@H](O[C@@H]3[C@H](O)[C@@H](O)[C@H](O)O[C@@H]3CO)[C@H](O)[C@@H](O[C@@H]3O[C@H](CO[C@]4(C(=O)O)C[C@H](O)[C@@H](NC(C)=O)[C@H]([C@H](O)[C@H](O)CO)O4)[C@@H](O)[C@H](O[C@@H]4O[C@H](CO)[C@H](O)[C@H](O[C@]5(C(=O)O)C[C@H](O)[C@@H](NC(C)=O)[C@H]([C@H](O)[C@H](O)CO)O5)[C@H]4O)[C@H]3NC(C)=O)[C@H]2O)O[C@H](CO)[C@@H](O[C@@H]2O[C@H](CO)[C@H](O)[C@H](O)[C@H]2O)[C@@H]1O[C@@H]1O[C@@H](C)[C@@H](O)[C@@H](O)[C@@H]1O. The third-order valence-electron chi connectivity index (χ3n) is 22.3. The van der Waals surface area contributed by atoms with Crippen molar-refractivity contribution < 1.29 is 252 Å². The lowest BCUT2D eigenvalue weighted by molar-refractivity contribution is -0.393. The van der Waals surface area contributed by atoms with Crippen molar-refractivity contribution in [1.82, 2.24) is 21.3 Å². The summed E-state index contributed by atoms with van der Waals surface area (Å²) in [5.41, 5.74) is 0. The maximum absolute atomic E-state index is 13.8. The maximum Gasteiger partial charge on any atom is 0.364 e. The van der Waals surface area contributed by atoms with Gasteiger partial charge < -0.3 is 245 Å². The lowest BCUT2D eigenvalue weighted by atomic mass is 9.88. The number of hydrogen-bond acceptors (Lipinski definition) is 49. The van der Waals surface area contributed by atoms with Crippen LogP contribution >= 0.6 is 0 Å². The van der Waals surface area contributed by atoms with Crippen molar-refractivity contribution in [3.8, 4) is 0 Å². The average molecular weight is 1800 g/mol. The molecule has 32 N–H and O–H groups in total. The second kappa shape index (κ2) is 43.2. The van der Waals surface area contributed by atoms with Gasteiger partial charge in [0, 0.05) is 40.5 Å². The lowest BCUT2D eigenvalue weighted by Gasteiger charge is -2.52. The monoisotopic (exact) mass is 1800 g/mol. The Labute approximate surface area is 694 Å². The Hall–Kier alpha value is -4.90. The molecule has 9 aliphatic rings. The number of aliphatic carboxylic acids is 2. The van der Waals surface area contributed by atoms with Gasteiger partial charge in [-0.2, -0.15) is 0 Å². The minimum Gasteiger partial charge on any atom is -0.477 e. The van der Waals surface area contributed by atoms with E-state index < -0.39 is 389 Å². The molecule has 4 amide bonds. The zero-order valence-electron chi connectivity index (χ0n) is 66.0. The van der Waals surface area contributed by atoms with Gasteiger partial charge >= 0.3 is 11.9 Å². The number of hydrogen-bond donors (Lipinski definition) is 32. The molecule has 0 aromatic rings. The molecule has 9 fully saturated rings. The van der Waals surface area contributed by atoms with Gasteiger partial charge in [0.1, 0.15) is 201 Å². The summed E-state index contributed by atoms with van der Waals surface area (Å²) in [5, 5.41) is 321. The van der Waals surface area contributed by atoms with E-state index in [0.717, 1.165) is 27.7 Å². The second-order valence-corrected chi connectivity index (χ2v) is 31.0. The van der Waals surface area contributed by atoms with Gasteiger partial charge in [-0.25, -0.2) is 9.59 Å². The van der Waals surface area contributed by atoms with E-state index >= 15 is 0 Å². The van der Waals surface area contributed by atoms with Gasteiger partial charge in [0.2, 0.25) is 23.6 Å². The van der Waals surface area contributed by atoms with Gasteiger partial charge in [0.05, 0.1) is 83.3 Å². The van der Waals surface area contributed by atoms with E-state index in [1.807, 2.05) is 0 Å². The lowest BCUT2D eigenvalue weighted by Crippen LogP contribution is -2.72. The zero-order chi connectivity index (χ0) is 91.4. The molecule has 0 spiro atoms. The second-order valence-electron chi connectivity index (χ2n) is 31.0. The van der Waals surface area contributed by atoms with Crippen molar-refractivity contribution in [3.63, 3.8) is 0 Å². The quantitative estimate of drug-likeness (QED) is 0.0284. The van der Waals surface area contributed by atoms with Crippen LogP contribution < -0.4 is 21.3 Å². The Bertz CT molecular complexity index is 3430. The Morgan fingerprint density at radius 2 is 0.732 bits per heavy atom. The fourth-order valence-electron chi connectivity index (χ4n) is 15.7. The van der Waals surface area contributed by atoms with Crippen LogP contribution in [-0.2, 0) is 109 Å². The maximum atomic E-state index is 13.8. The number of amides is 4. The Kier molecular flexibility index (Phi) is 35.8. The minimum atomic E-state index is -3.46. The molecular weight excluding hydrogens is 1690 g/mol. The van der Waals surface area contributed by atoms with Gasteiger partial charge in [-0.15, -0.1) is 0 Å². The molecule has 0 radical (unpaired) electrons. The van der Waals surface area contributed by atoms with Gasteiger partial charge in [-0.3, -0.25) is 19.2 Å². The van der Waals surface area contributed by atoms with Crippen LogP contribution in [0.25, 0.3) is 0 Å². The first-order chi connectivity index (χ1) is 57.8. The predicted molar refractivity (Wildman–Crippen MR) is 376 cm³/mol. The van der Waals surface area contributed by atoms with Crippen molar-refractivity contribution in [2.75, 3.05) is 52.9 Å². The highest BCUT2D eigenvalue weighted by molar-refractivity contribution is 5.78. The molecule has 710 valence electrons. The number of aliphatic hydroxyl groups excluding tert-OH is 26. The molecule has 0 unspecified atom stereocenters. The Balaban J connectivity index is 1.14. The summed E-state index contributed by atoms with van der Waals surface area (Å²) in [7, 11) is 0. The smallest absolute Gasteiger partial charge is 0.364 e. The van der Waals surface area contributed by atoms with Crippen LogP contribution in [-0.4, -0.2) is 519 Å². The van der Waals surface area contributed by atoms with Crippen molar-refractivity contribution in [2.24, 2.45) is 0 Å². The highest BCUT2D eigenvalue weighted by Crippen LogP contribution is 2.43. The summed E-state index contributed by atoms with van der Waals surface area (Å²) in [4.78, 5) is 79.3. The normalized spacial score (nSPS) is 46.6. The number of aliphatic hydroxyl groups is 26. The molecule has 47 atom stereocenters. The molecule has 9 aliphatic heterocycles.